The van der Waals surface area contributed by atoms with Crippen LogP contribution in [0.2, 0.25) is 0 Å². The second-order valence-corrected chi connectivity index (χ2v) is 5.45. The van der Waals surface area contributed by atoms with Crippen molar-refractivity contribution in [3.8, 4) is 0 Å². The lowest BCUT2D eigenvalue weighted by Gasteiger charge is -2.26. The average molecular weight is 269 g/mol. The summed E-state index contributed by atoms with van der Waals surface area (Å²) in [5.41, 5.74) is 0. The van der Waals surface area contributed by atoms with Crippen LogP contribution in [0, 0.1) is 0 Å². The molecule has 5 heteroatoms. The molecule has 0 aromatic heterocycles. The normalized spacial score (nSPS) is 25.8. The lowest BCUT2D eigenvalue weighted by atomic mass is 10.1. The Morgan fingerprint density at radius 2 is 2.11 bits per heavy atom. The fourth-order valence-electron chi connectivity index (χ4n) is 2.71. The van der Waals surface area contributed by atoms with Crippen LogP contribution in [0.3, 0.4) is 0 Å². The summed E-state index contributed by atoms with van der Waals surface area (Å²) in [4.78, 5) is 14.4. The smallest absolute Gasteiger partial charge is 0.237 e. The van der Waals surface area contributed by atoms with Gasteiger partial charge in [0, 0.05) is 19.6 Å². The third kappa shape index (κ3) is 5.47. The van der Waals surface area contributed by atoms with Crippen LogP contribution in [-0.4, -0.2) is 62.8 Å². The maximum absolute atomic E-state index is 12.0. The average Bonchev–Trinajstić information content (AvgIpc) is 2.73. The number of ether oxygens (including phenoxy) is 1. The van der Waals surface area contributed by atoms with Crippen molar-refractivity contribution in [3.05, 3.63) is 0 Å². The van der Waals surface area contributed by atoms with E-state index in [2.05, 4.69) is 15.5 Å². The van der Waals surface area contributed by atoms with Gasteiger partial charge in [-0.1, -0.05) is 12.8 Å². The molecule has 0 spiro atoms. The fraction of sp³-hybridized carbons (Fsp3) is 0.929. The van der Waals surface area contributed by atoms with Crippen molar-refractivity contribution in [2.24, 2.45) is 0 Å². The van der Waals surface area contributed by atoms with Crippen molar-refractivity contribution in [3.63, 3.8) is 0 Å². The number of rotatable bonds is 5. The Labute approximate surface area is 116 Å². The van der Waals surface area contributed by atoms with Gasteiger partial charge in [-0.25, -0.2) is 0 Å². The molecule has 1 unspecified atom stereocenters. The minimum Gasteiger partial charge on any atom is -0.379 e. The van der Waals surface area contributed by atoms with Crippen molar-refractivity contribution in [2.45, 2.75) is 38.1 Å². The van der Waals surface area contributed by atoms with Crippen LogP contribution in [0.1, 0.15) is 32.1 Å². The second kappa shape index (κ2) is 8.51. The van der Waals surface area contributed by atoms with Gasteiger partial charge in [0.2, 0.25) is 5.91 Å². The quantitative estimate of drug-likeness (QED) is 0.708. The van der Waals surface area contributed by atoms with E-state index in [0.29, 0.717) is 0 Å². The van der Waals surface area contributed by atoms with Crippen molar-refractivity contribution in [1.82, 2.24) is 15.5 Å². The molecule has 19 heavy (non-hydrogen) atoms. The molecule has 2 fully saturated rings. The van der Waals surface area contributed by atoms with Gasteiger partial charge in [0.15, 0.2) is 0 Å². The summed E-state index contributed by atoms with van der Waals surface area (Å²) >= 11 is 0. The van der Waals surface area contributed by atoms with E-state index >= 15 is 0 Å². The van der Waals surface area contributed by atoms with E-state index in [9.17, 15) is 4.79 Å². The molecule has 0 saturated carbocycles. The molecule has 0 aromatic carbocycles. The molecule has 2 N–H and O–H groups in total. The second-order valence-electron chi connectivity index (χ2n) is 5.45. The zero-order chi connectivity index (χ0) is 13.3. The van der Waals surface area contributed by atoms with E-state index in [1.807, 2.05) is 0 Å². The Bertz CT molecular complexity index is 259. The molecule has 110 valence electrons. The summed E-state index contributed by atoms with van der Waals surface area (Å²) in [5.74, 6) is 0.184. The Balaban J connectivity index is 1.55. The van der Waals surface area contributed by atoms with Crippen molar-refractivity contribution < 1.29 is 9.53 Å². The maximum Gasteiger partial charge on any atom is 0.237 e. The number of amides is 1. The summed E-state index contributed by atoms with van der Waals surface area (Å²) < 4.78 is 5.32. The summed E-state index contributed by atoms with van der Waals surface area (Å²) in [6.45, 7) is 6.56. The zero-order valence-electron chi connectivity index (χ0n) is 11.8. The van der Waals surface area contributed by atoms with Gasteiger partial charge in [-0.05, 0) is 32.4 Å². The standard InChI is InChI=1S/C14H27N3O2/c18-14(13-5-2-1-3-6-15-13)16-7-4-8-17-9-11-19-12-10-17/h13,15H,1-12H2,(H,16,18). The van der Waals surface area contributed by atoms with Crippen LogP contribution in [0.25, 0.3) is 0 Å². The minimum atomic E-state index is 0.0332. The molecule has 5 nitrogen and oxygen atoms in total. The van der Waals surface area contributed by atoms with Gasteiger partial charge in [0.05, 0.1) is 19.3 Å². The SMILES string of the molecule is O=C(NCCCN1CCOCC1)C1CCCCCN1. The van der Waals surface area contributed by atoms with Crippen LogP contribution >= 0.6 is 0 Å². The van der Waals surface area contributed by atoms with Gasteiger partial charge in [0.25, 0.3) is 0 Å². The van der Waals surface area contributed by atoms with Crippen molar-refractivity contribution >= 4 is 5.91 Å². The van der Waals surface area contributed by atoms with E-state index in [4.69, 9.17) is 4.74 Å². The Kier molecular flexibility index (Phi) is 6.61. The Hall–Kier alpha value is -0.650. The number of morpholine rings is 1. The molecule has 0 aromatic rings. The summed E-state index contributed by atoms with van der Waals surface area (Å²) in [6.07, 6.45) is 5.61. The molecule has 1 amide bonds. The monoisotopic (exact) mass is 269 g/mol. The summed E-state index contributed by atoms with van der Waals surface area (Å²) in [5, 5.41) is 6.39. The first kappa shape index (κ1) is 14.8. The molecule has 2 saturated heterocycles. The number of hydrogen-bond donors (Lipinski definition) is 2. The highest BCUT2D eigenvalue weighted by atomic mass is 16.5. The number of hydrogen-bond acceptors (Lipinski definition) is 4. The lowest BCUT2D eigenvalue weighted by Crippen LogP contribution is -2.44. The lowest BCUT2D eigenvalue weighted by molar-refractivity contribution is -0.123. The molecule has 0 aliphatic carbocycles. The fourth-order valence-corrected chi connectivity index (χ4v) is 2.71. The van der Waals surface area contributed by atoms with Gasteiger partial charge in [-0.3, -0.25) is 9.69 Å². The first-order valence-corrected chi connectivity index (χ1v) is 7.67. The zero-order valence-corrected chi connectivity index (χ0v) is 11.8. The van der Waals surface area contributed by atoms with Crippen LogP contribution < -0.4 is 10.6 Å². The first-order valence-electron chi connectivity index (χ1n) is 7.67. The predicted octanol–water partition coefficient (Wildman–Crippen LogP) is 0.357. The molecular formula is C14H27N3O2. The minimum absolute atomic E-state index is 0.0332. The van der Waals surface area contributed by atoms with Gasteiger partial charge in [0.1, 0.15) is 0 Å². The molecule has 2 heterocycles. The maximum atomic E-state index is 12.0. The number of nitrogens with zero attached hydrogens (tertiary/aromatic N) is 1. The van der Waals surface area contributed by atoms with E-state index in [1.54, 1.807) is 0 Å². The molecule has 0 radical (unpaired) electrons. The van der Waals surface area contributed by atoms with E-state index < -0.39 is 0 Å². The number of carbonyl (C=O) groups excluding carboxylic acids is 1. The third-order valence-corrected chi connectivity index (χ3v) is 3.93. The van der Waals surface area contributed by atoms with Gasteiger partial charge >= 0.3 is 0 Å². The topological polar surface area (TPSA) is 53.6 Å². The van der Waals surface area contributed by atoms with Crippen molar-refractivity contribution in [2.75, 3.05) is 45.9 Å². The predicted molar refractivity (Wildman–Crippen MR) is 75.1 cm³/mol. The summed E-state index contributed by atoms with van der Waals surface area (Å²) in [6, 6.07) is 0.0332. The highest BCUT2D eigenvalue weighted by Crippen LogP contribution is 2.08. The summed E-state index contributed by atoms with van der Waals surface area (Å²) in [7, 11) is 0. The van der Waals surface area contributed by atoms with E-state index in [1.165, 1.54) is 19.3 Å². The van der Waals surface area contributed by atoms with E-state index in [-0.39, 0.29) is 11.9 Å². The molecule has 2 aliphatic rings. The van der Waals surface area contributed by atoms with Crippen LogP contribution in [0.15, 0.2) is 0 Å². The van der Waals surface area contributed by atoms with Crippen LogP contribution in [0.4, 0.5) is 0 Å². The van der Waals surface area contributed by atoms with Gasteiger partial charge in [-0.15, -0.1) is 0 Å². The van der Waals surface area contributed by atoms with Crippen LogP contribution in [-0.2, 0) is 9.53 Å². The number of carbonyl (C=O) groups is 1. The molecule has 0 bridgehead atoms. The van der Waals surface area contributed by atoms with Crippen molar-refractivity contribution in [1.29, 1.82) is 0 Å². The first-order chi connectivity index (χ1) is 9.36. The molecule has 2 aliphatic heterocycles. The Morgan fingerprint density at radius 3 is 2.95 bits per heavy atom. The highest BCUT2D eigenvalue weighted by Gasteiger charge is 2.18. The highest BCUT2D eigenvalue weighted by molar-refractivity contribution is 5.81. The van der Waals surface area contributed by atoms with E-state index in [0.717, 1.165) is 58.8 Å². The Morgan fingerprint density at radius 1 is 1.26 bits per heavy atom. The van der Waals surface area contributed by atoms with Crippen LogP contribution in [0.5, 0.6) is 0 Å². The van der Waals surface area contributed by atoms with Gasteiger partial charge in [-0.2, -0.15) is 0 Å². The molecular weight excluding hydrogens is 242 g/mol. The third-order valence-electron chi connectivity index (χ3n) is 3.93. The molecule has 1 atom stereocenters. The largest absolute Gasteiger partial charge is 0.379 e. The number of nitrogens with one attached hydrogen (secondary N) is 2. The molecule has 2 rings (SSSR count). The van der Waals surface area contributed by atoms with Gasteiger partial charge < -0.3 is 15.4 Å².